The first-order valence-electron chi connectivity index (χ1n) is 12.4. The van der Waals surface area contributed by atoms with Crippen LogP contribution in [0.5, 0.6) is 0 Å². The van der Waals surface area contributed by atoms with Gasteiger partial charge in [0.2, 0.25) is 0 Å². The van der Waals surface area contributed by atoms with Crippen molar-refractivity contribution in [2.75, 3.05) is 34.0 Å². The van der Waals surface area contributed by atoms with Crippen LogP contribution < -0.4 is 5.46 Å². The lowest BCUT2D eigenvalue weighted by Gasteiger charge is -2.32. The highest BCUT2D eigenvalue weighted by molar-refractivity contribution is 6.62. The van der Waals surface area contributed by atoms with Crippen LogP contribution in [0.15, 0.2) is 6.20 Å². The molecule has 0 spiro atoms. The van der Waals surface area contributed by atoms with Crippen LogP contribution in [-0.2, 0) is 30.1 Å². The van der Waals surface area contributed by atoms with Gasteiger partial charge >= 0.3 is 7.12 Å². The fraction of sp³-hybridized carbons (Fsp3) is 0.885. The first-order chi connectivity index (χ1) is 15.7. The normalized spacial score (nSPS) is 16.5. The number of aromatic nitrogens is 2. The summed E-state index contributed by atoms with van der Waals surface area (Å²) in [5, 5.41) is 14.4. The van der Waals surface area contributed by atoms with Gasteiger partial charge in [0.25, 0.3) is 0 Å². The highest BCUT2D eigenvalue weighted by atomic mass is 16.7. The molecule has 1 saturated heterocycles. The lowest BCUT2D eigenvalue weighted by Crippen LogP contribution is -2.41. The maximum Gasteiger partial charge on any atom is 0.498 e. The molecule has 2 rings (SSSR count). The van der Waals surface area contributed by atoms with E-state index in [9.17, 15) is 5.11 Å². The van der Waals surface area contributed by atoms with Crippen molar-refractivity contribution >= 4 is 12.6 Å². The van der Waals surface area contributed by atoms with E-state index in [-0.39, 0.29) is 30.8 Å². The predicted molar refractivity (Wildman–Crippen MR) is 148 cm³/mol. The minimum Gasteiger partial charge on any atom is -0.399 e. The summed E-state index contributed by atoms with van der Waals surface area (Å²) in [5.74, 6) is 0. The van der Waals surface area contributed by atoms with Crippen LogP contribution in [0.4, 0.5) is 0 Å². The van der Waals surface area contributed by atoms with Crippen LogP contribution in [-0.4, -0.2) is 79.0 Å². The van der Waals surface area contributed by atoms with E-state index in [0.29, 0.717) is 19.8 Å². The zero-order valence-electron chi connectivity index (χ0n) is 24.4. The van der Waals surface area contributed by atoms with Gasteiger partial charge in [0.05, 0.1) is 49.3 Å². The standard InChI is InChI=1S/C16H29BN2O5.C5H12O.2C2H6.CH4/c1-12-14(17-23-15(2,3)16(4,5)24-17)9-18-19(12)10-13(20)11-22-8-7-21-6;1-5(2,3)6-4;2*1-2;/h9,13,20H,7-8,10-11H2,1-6H3;1-4H3;2*1-2H3;1H4. The van der Waals surface area contributed by atoms with Crippen molar-refractivity contribution in [2.45, 2.75) is 120 Å². The van der Waals surface area contributed by atoms with E-state index in [4.69, 9.17) is 23.5 Å². The third-order valence-corrected chi connectivity index (χ3v) is 5.39. The molecule has 1 fully saturated rings. The molecule has 1 atom stereocenters. The van der Waals surface area contributed by atoms with Crippen LogP contribution in [0, 0.1) is 6.92 Å². The molecule has 0 amide bonds. The second-order valence-corrected chi connectivity index (χ2v) is 9.49. The summed E-state index contributed by atoms with van der Waals surface area (Å²) in [6, 6.07) is 0. The van der Waals surface area contributed by atoms with E-state index in [0.717, 1.165) is 11.2 Å². The van der Waals surface area contributed by atoms with Gasteiger partial charge in [-0.3, -0.25) is 4.68 Å². The summed E-state index contributed by atoms with van der Waals surface area (Å²) in [7, 11) is 2.88. The number of rotatable bonds is 8. The zero-order valence-corrected chi connectivity index (χ0v) is 24.4. The van der Waals surface area contributed by atoms with Crippen LogP contribution in [0.25, 0.3) is 0 Å². The summed E-state index contributed by atoms with van der Waals surface area (Å²) >= 11 is 0. The van der Waals surface area contributed by atoms with E-state index in [1.54, 1.807) is 25.1 Å². The number of hydrogen-bond acceptors (Lipinski definition) is 7. The average Bonchev–Trinajstić information content (AvgIpc) is 3.23. The first kappa shape index (κ1) is 38.6. The lowest BCUT2D eigenvalue weighted by molar-refractivity contribution is 0.00577. The number of aliphatic hydroxyl groups excluding tert-OH is 1. The Kier molecular flexibility index (Phi) is 20.2. The average molecular weight is 505 g/mol. The van der Waals surface area contributed by atoms with Gasteiger partial charge in [-0.2, -0.15) is 5.10 Å². The number of ether oxygens (including phenoxy) is 3. The minimum atomic E-state index is -0.633. The Morgan fingerprint density at radius 3 is 1.89 bits per heavy atom. The molecule has 0 aliphatic carbocycles. The molecule has 1 aliphatic heterocycles. The van der Waals surface area contributed by atoms with Gasteiger partial charge in [0.15, 0.2) is 0 Å². The molecule has 0 aromatic carbocycles. The Morgan fingerprint density at radius 1 is 1.03 bits per heavy atom. The summed E-state index contributed by atoms with van der Waals surface area (Å²) in [4.78, 5) is 0. The van der Waals surface area contributed by atoms with Crippen LogP contribution in [0.3, 0.4) is 0 Å². The molecule has 8 nitrogen and oxygen atoms in total. The molecule has 1 aliphatic rings. The molecule has 1 unspecified atom stereocenters. The molecule has 35 heavy (non-hydrogen) atoms. The molecular formula is C26H57BN2O6. The fourth-order valence-corrected chi connectivity index (χ4v) is 2.46. The highest BCUT2D eigenvalue weighted by Crippen LogP contribution is 2.36. The van der Waals surface area contributed by atoms with Gasteiger partial charge in [0, 0.05) is 31.6 Å². The van der Waals surface area contributed by atoms with Crippen molar-refractivity contribution in [3.8, 4) is 0 Å². The smallest absolute Gasteiger partial charge is 0.399 e. The Labute approximate surface area is 217 Å². The van der Waals surface area contributed by atoms with E-state index in [2.05, 4.69) is 5.10 Å². The van der Waals surface area contributed by atoms with Crippen molar-refractivity contribution < 1.29 is 28.6 Å². The Morgan fingerprint density at radius 2 is 1.49 bits per heavy atom. The molecule has 210 valence electrons. The van der Waals surface area contributed by atoms with Crippen molar-refractivity contribution in [3.05, 3.63) is 11.9 Å². The fourth-order valence-electron chi connectivity index (χ4n) is 2.46. The van der Waals surface area contributed by atoms with Gasteiger partial charge in [0.1, 0.15) is 0 Å². The maximum atomic E-state index is 10.1. The molecule has 1 aromatic heterocycles. The largest absolute Gasteiger partial charge is 0.498 e. The molecule has 1 N–H and O–H groups in total. The quantitative estimate of drug-likeness (QED) is 0.408. The number of methoxy groups -OCH3 is 2. The zero-order chi connectivity index (χ0) is 27.2. The Hall–Kier alpha value is -0.965. The molecule has 0 saturated carbocycles. The molecule has 0 radical (unpaired) electrons. The molecular weight excluding hydrogens is 447 g/mol. The van der Waals surface area contributed by atoms with Gasteiger partial charge < -0.3 is 28.6 Å². The van der Waals surface area contributed by atoms with Crippen molar-refractivity contribution in [2.24, 2.45) is 0 Å². The third-order valence-electron chi connectivity index (χ3n) is 5.39. The number of aliphatic hydroxyl groups is 1. The Bertz CT molecular complexity index is 628. The monoisotopic (exact) mass is 504 g/mol. The van der Waals surface area contributed by atoms with Gasteiger partial charge in [-0.15, -0.1) is 0 Å². The summed E-state index contributed by atoms with van der Waals surface area (Å²) < 4.78 is 29.1. The van der Waals surface area contributed by atoms with Crippen molar-refractivity contribution in [3.63, 3.8) is 0 Å². The third kappa shape index (κ3) is 13.8. The van der Waals surface area contributed by atoms with Crippen molar-refractivity contribution in [1.29, 1.82) is 0 Å². The van der Waals surface area contributed by atoms with Gasteiger partial charge in [-0.25, -0.2) is 0 Å². The second kappa shape index (κ2) is 18.3. The van der Waals surface area contributed by atoms with Crippen LogP contribution in [0.1, 0.15) is 89.3 Å². The summed E-state index contributed by atoms with van der Waals surface area (Å²) in [5.41, 5.74) is 1.08. The molecule has 9 heteroatoms. The summed E-state index contributed by atoms with van der Waals surface area (Å²) in [6.45, 7) is 25.7. The van der Waals surface area contributed by atoms with Crippen LogP contribution in [0.2, 0.25) is 0 Å². The topological polar surface area (TPSA) is 84.2 Å². The first-order valence-corrected chi connectivity index (χ1v) is 12.4. The van der Waals surface area contributed by atoms with Crippen molar-refractivity contribution in [1.82, 2.24) is 9.78 Å². The predicted octanol–water partition coefficient (Wildman–Crippen LogP) is 4.63. The second-order valence-electron chi connectivity index (χ2n) is 9.49. The van der Waals surface area contributed by atoms with E-state index >= 15 is 0 Å². The van der Waals surface area contributed by atoms with Crippen LogP contribution >= 0.6 is 0 Å². The number of nitrogens with zero attached hydrogens (tertiary/aromatic N) is 2. The van der Waals surface area contributed by atoms with Gasteiger partial charge in [-0.05, 0) is 55.4 Å². The Balaban J connectivity index is -0.000000802. The van der Waals surface area contributed by atoms with Gasteiger partial charge in [-0.1, -0.05) is 35.1 Å². The SMILES string of the molecule is C.CC.CC.COC(C)(C)C.COCCOCC(O)Cn1ncc(B2OC(C)(C)C(C)(C)O2)c1C. The van der Waals surface area contributed by atoms with E-state index in [1.807, 2.05) is 83.1 Å². The highest BCUT2D eigenvalue weighted by Gasteiger charge is 2.52. The molecule has 0 bridgehead atoms. The maximum absolute atomic E-state index is 10.1. The van der Waals surface area contributed by atoms with E-state index < -0.39 is 13.2 Å². The minimum absolute atomic E-state index is 0. The molecule has 1 aromatic rings. The van der Waals surface area contributed by atoms with E-state index in [1.165, 1.54) is 0 Å². The lowest BCUT2D eigenvalue weighted by atomic mass is 9.79. The number of hydrogen-bond donors (Lipinski definition) is 1. The molecule has 2 heterocycles. The summed E-state index contributed by atoms with van der Waals surface area (Å²) in [6.07, 6.45) is 1.11.